The molecule has 2 saturated heterocycles. The second kappa shape index (κ2) is 16.2. The molecule has 2 unspecified atom stereocenters. The van der Waals surface area contributed by atoms with Gasteiger partial charge in [-0.25, -0.2) is 19.6 Å². The van der Waals surface area contributed by atoms with Crippen LogP contribution < -0.4 is 10.6 Å². The summed E-state index contributed by atoms with van der Waals surface area (Å²) >= 11 is 0. The molecule has 4 N–H and O–H groups in total. The first kappa shape index (κ1) is 37.3. The fourth-order valence-corrected chi connectivity index (χ4v) is 9.21. The SMILES string of the molecule is COC(=O)N[C@H]1CCC(C(=O)N2CCC[C@H]2c2ncc(-c3ccc(-c4ccc(-c5cnc([C@@H]6CCCN6C(=O)C6CC[C@H](NC(=O)OC)C6)[nH]5)cc4)cc3)[nH]2)C1. The van der Waals surface area contributed by atoms with E-state index < -0.39 is 12.2 Å². The van der Waals surface area contributed by atoms with Crippen LogP contribution >= 0.6 is 0 Å². The maximum atomic E-state index is 13.6. The van der Waals surface area contributed by atoms with Crippen LogP contribution in [0.4, 0.5) is 9.59 Å². The Hall–Kier alpha value is -5.66. The Balaban J connectivity index is 0.875. The van der Waals surface area contributed by atoms with Crippen molar-refractivity contribution in [2.75, 3.05) is 27.3 Å². The first-order chi connectivity index (χ1) is 27.3. The van der Waals surface area contributed by atoms with Gasteiger partial charge < -0.3 is 39.9 Å². The second-order valence-electron chi connectivity index (χ2n) is 15.6. The fraction of sp³-hybridized carbons (Fsp3) is 0.476. The van der Waals surface area contributed by atoms with Crippen LogP contribution in [0.15, 0.2) is 60.9 Å². The summed E-state index contributed by atoms with van der Waals surface area (Å²) in [6.07, 6.45) is 10.7. The highest BCUT2D eigenvalue weighted by Crippen LogP contribution is 2.38. The Morgan fingerprint density at radius 1 is 0.589 bits per heavy atom. The Morgan fingerprint density at radius 2 is 0.982 bits per heavy atom. The van der Waals surface area contributed by atoms with Crippen molar-refractivity contribution in [3.05, 3.63) is 72.6 Å². The number of likely N-dealkylation sites (tertiary alicyclic amines) is 2. The molecular formula is C42H50N8O6. The number of rotatable bonds is 9. The van der Waals surface area contributed by atoms with Gasteiger partial charge in [0.25, 0.3) is 0 Å². The third kappa shape index (κ3) is 7.74. The van der Waals surface area contributed by atoms with Crippen LogP contribution in [-0.4, -0.2) is 93.1 Å². The quantitative estimate of drug-likeness (QED) is 0.149. The van der Waals surface area contributed by atoms with Crippen LogP contribution in [0.2, 0.25) is 0 Å². The molecule has 56 heavy (non-hydrogen) atoms. The molecule has 4 aliphatic rings. The van der Waals surface area contributed by atoms with Gasteiger partial charge in [0.1, 0.15) is 11.6 Å². The van der Waals surface area contributed by atoms with E-state index in [1.54, 1.807) is 0 Å². The number of aromatic amines is 2. The topological polar surface area (TPSA) is 175 Å². The summed E-state index contributed by atoms with van der Waals surface area (Å²) in [5.41, 5.74) is 6.02. The number of imidazole rings is 2. The predicted molar refractivity (Wildman–Crippen MR) is 208 cm³/mol. The largest absolute Gasteiger partial charge is 0.453 e. The lowest BCUT2D eigenvalue weighted by molar-refractivity contribution is -0.137. The molecule has 2 saturated carbocycles. The number of nitrogens with one attached hydrogen (secondary N) is 4. The Kier molecular flexibility index (Phi) is 10.8. The second-order valence-corrected chi connectivity index (χ2v) is 15.6. The maximum absolute atomic E-state index is 13.6. The zero-order chi connectivity index (χ0) is 38.8. The van der Waals surface area contributed by atoms with Gasteiger partial charge in [-0.2, -0.15) is 0 Å². The van der Waals surface area contributed by atoms with Crippen molar-refractivity contribution in [2.45, 2.75) is 88.4 Å². The van der Waals surface area contributed by atoms with Gasteiger partial charge in [0.15, 0.2) is 0 Å². The average molecular weight is 763 g/mol. The molecule has 6 atom stereocenters. The Bertz CT molecular complexity index is 1900. The summed E-state index contributed by atoms with van der Waals surface area (Å²) < 4.78 is 9.47. The van der Waals surface area contributed by atoms with Crippen molar-refractivity contribution in [1.82, 2.24) is 40.4 Å². The molecule has 0 spiro atoms. The van der Waals surface area contributed by atoms with Crippen molar-refractivity contribution in [1.29, 1.82) is 0 Å². The molecule has 14 nitrogen and oxygen atoms in total. The van der Waals surface area contributed by atoms with Gasteiger partial charge in [0.05, 0.1) is 50.1 Å². The highest BCUT2D eigenvalue weighted by molar-refractivity contribution is 5.81. The molecule has 4 heterocycles. The number of carbonyl (C=O) groups excluding carboxylic acids is 4. The lowest BCUT2D eigenvalue weighted by atomic mass is 10.0. The van der Waals surface area contributed by atoms with Gasteiger partial charge in [-0.3, -0.25) is 9.59 Å². The Morgan fingerprint density at radius 3 is 1.38 bits per heavy atom. The molecule has 14 heteroatoms. The van der Waals surface area contributed by atoms with E-state index >= 15 is 0 Å². The number of methoxy groups -OCH3 is 2. The molecule has 4 fully saturated rings. The zero-order valence-electron chi connectivity index (χ0n) is 32.0. The number of aromatic nitrogens is 4. The molecular weight excluding hydrogens is 713 g/mol. The summed E-state index contributed by atoms with van der Waals surface area (Å²) in [5, 5.41) is 5.69. The van der Waals surface area contributed by atoms with Crippen molar-refractivity contribution in [3.8, 4) is 33.6 Å². The van der Waals surface area contributed by atoms with E-state index in [0.29, 0.717) is 25.9 Å². The van der Waals surface area contributed by atoms with E-state index in [-0.39, 0.29) is 47.8 Å². The van der Waals surface area contributed by atoms with E-state index in [9.17, 15) is 19.2 Å². The summed E-state index contributed by atoms with van der Waals surface area (Å²) in [4.78, 5) is 70.8. The zero-order valence-corrected chi connectivity index (χ0v) is 32.0. The maximum Gasteiger partial charge on any atom is 0.407 e. The van der Waals surface area contributed by atoms with E-state index in [4.69, 9.17) is 19.4 Å². The molecule has 4 aromatic rings. The molecule has 2 aromatic carbocycles. The molecule has 8 rings (SSSR count). The van der Waals surface area contributed by atoms with Crippen LogP contribution in [0.5, 0.6) is 0 Å². The first-order valence-electron chi connectivity index (χ1n) is 19.9. The predicted octanol–water partition coefficient (Wildman–Crippen LogP) is 6.51. The lowest BCUT2D eigenvalue weighted by Crippen LogP contribution is -2.37. The summed E-state index contributed by atoms with van der Waals surface area (Å²) in [5.74, 6) is 1.67. The van der Waals surface area contributed by atoms with Gasteiger partial charge in [-0.1, -0.05) is 48.5 Å². The van der Waals surface area contributed by atoms with E-state index in [2.05, 4.69) is 69.1 Å². The molecule has 0 radical (unpaired) electrons. The van der Waals surface area contributed by atoms with Crippen molar-refractivity contribution >= 4 is 24.0 Å². The monoisotopic (exact) mass is 762 g/mol. The smallest absolute Gasteiger partial charge is 0.407 e. The van der Waals surface area contributed by atoms with Gasteiger partial charge in [0, 0.05) is 37.0 Å². The van der Waals surface area contributed by atoms with E-state index in [0.717, 1.165) is 96.7 Å². The number of H-pyrrole nitrogens is 2. The van der Waals surface area contributed by atoms with E-state index in [1.807, 2.05) is 22.2 Å². The van der Waals surface area contributed by atoms with Crippen LogP contribution in [0.25, 0.3) is 33.6 Å². The van der Waals surface area contributed by atoms with Gasteiger partial charge in [-0.15, -0.1) is 0 Å². The van der Waals surface area contributed by atoms with Crippen molar-refractivity contribution in [3.63, 3.8) is 0 Å². The number of hydrogen-bond acceptors (Lipinski definition) is 8. The van der Waals surface area contributed by atoms with Gasteiger partial charge in [0.2, 0.25) is 11.8 Å². The summed E-state index contributed by atoms with van der Waals surface area (Å²) in [7, 11) is 2.70. The minimum atomic E-state index is -0.452. The molecule has 2 aliphatic carbocycles. The third-order valence-electron chi connectivity index (χ3n) is 12.2. The van der Waals surface area contributed by atoms with Crippen LogP contribution in [0.3, 0.4) is 0 Å². The van der Waals surface area contributed by atoms with Crippen molar-refractivity contribution in [2.24, 2.45) is 11.8 Å². The third-order valence-corrected chi connectivity index (χ3v) is 12.2. The molecule has 294 valence electrons. The van der Waals surface area contributed by atoms with Gasteiger partial charge >= 0.3 is 12.2 Å². The van der Waals surface area contributed by atoms with Crippen molar-refractivity contribution < 1.29 is 28.7 Å². The first-order valence-corrected chi connectivity index (χ1v) is 19.9. The van der Waals surface area contributed by atoms with Crippen LogP contribution in [0.1, 0.15) is 87.9 Å². The highest BCUT2D eigenvalue weighted by atomic mass is 16.5. The standard InChI is InChI=1S/C42H50N8O6/c1-55-41(53)45-31-17-15-29(21-31)39(51)49-19-3-5-35(49)37-43-23-33(47-37)27-11-7-25(8-12-27)26-9-13-28(14-10-26)34-24-44-38(48-34)36-6-4-20-50(36)40(52)30-16-18-32(22-30)46-42(54)56-2/h7-14,23-24,29-32,35-36H,3-6,15-22H2,1-2H3,(H,43,47)(H,44,48)(H,45,53)(H,46,54)/t29?,30?,31-,32-,35-,36-/m0/s1. The Labute approximate surface area is 326 Å². The lowest BCUT2D eigenvalue weighted by Gasteiger charge is -2.26. The normalized spacial score (nSPS) is 24.7. The molecule has 2 aromatic heterocycles. The summed E-state index contributed by atoms with van der Waals surface area (Å²) in [6, 6.07) is 16.5. The van der Waals surface area contributed by atoms with Crippen LogP contribution in [0, 0.1) is 11.8 Å². The number of benzene rings is 2. The number of alkyl carbamates (subject to hydrolysis) is 2. The minimum absolute atomic E-state index is 0.0389. The highest BCUT2D eigenvalue weighted by Gasteiger charge is 2.40. The van der Waals surface area contributed by atoms with Gasteiger partial charge in [-0.05, 0) is 86.5 Å². The number of amides is 4. The molecule has 0 bridgehead atoms. The number of carbonyl (C=O) groups is 4. The fourth-order valence-electron chi connectivity index (χ4n) is 9.21. The van der Waals surface area contributed by atoms with E-state index in [1.165, 1.54) is 14.2 Å². The number of hydrogen-bond donors (Lipinski definition) is 4. The molecule has 2 aliphatic heterocycles. The number of nitrogens with zero attached hydrogens (tertiary/aromatic N) is 4. The summed E-state index contributed by atoms with van der Waals surface area (Å²) in [6.45, 7) is 1.42. The minimum Gasteiger partial charge on any atom is -0.453 e. The number of ether oxygens (including phenoxy) is 2. The average Bonchev–Trinajstić information content (AvgIpc) is 4.08. The molecule has 4 amide bonds. The van der Waals surface area contributed by atoms with Crippen LogP contribution in [-0.2, 0) is 19.1 Å².